The molecule has 0 aromatic heterocycles. The van der Waals surface area contributed by atoms with Crippen LogP contribution in [0.15, 0.2) is 34.1 Å². The predicted octanol–water partition coefficient (Wildman–Crippen LogP) is 6.14. The first kappa shape index (κ1) is 29.7. The molecule has 0 saturated heterocycles. The van der Waals surface area contributed by atoms with Gasteiger partial charge in [-0.1, -0.05) is 35.8 Å². The second-order valence-electron chi connectivity index (χ2n) is 14.2. The van der Waals surface area contributed by atoms with E-state index >= 15 is 0 Å². The molecule has 7 unspecified atom stereocenters. The van der Waals surface area contributed by atoms with Crippen LogP contribution < -0.4 is 0 Å². The molecule has 7 nitrogen and oxygen atoms in total. The molecule has 3 saturated carbocycles. The Hall–Kier alpha value is -1.27. The van der Waals surface area contributed by atoms with E-state index in [2.05, 4.69) is 81.7 Å². The second-order valence-corrected chi connectivity index (χ2v) is 23.2. The molecule has 0 aromatic rings. The van der Waals surface area contributed by atoms with Crippen molar-refractivity contribution in [1.29, 1.82) is 0 Å². The molecule has 0 bridgehead atoms. The Kier molecular flexibility index (Phi) is 8.04. The standard InChI is InChI=1S/C29H50N2O5Si2/c1-27-15-13-21(30-33-3)17-20(27)11-12-22-23-14-16-29(32,25(31-34-4)19-35-37(5,6)7)28(23,2)18-24(26(22)27)36-38(8,9)10/h13,15,17,22-24,26,32H,11-12,14,16,18-19H2,1-10H3/b30-21+,31-25+. The van der Waals surface area contributed by atoms with Gasteiger partial charge in [-0.3, -0.25) is 0 Å². The van der Waals surface area contributed by atoms with Gasteiger partial charge in [-0.2, -0.15) is 0 Å². The van der Waals surface area contributed by atoms with Crippen LogP contribution in [0.1, 0.15) is 46.0 Å². The summed E-state index contributed by atoms with van der Waals surface area (Å²) in [5.41, 5.74) is 1.36. The molecule has 3 fully saturated rings. The lowest BCUT2D eigenvalue weighted by molar-refractivity contribution is -0.138. The van der Waals surface area contributed by atoms with Crippen LogP contribution in [0.25, 0.3) is 0 Å². The van der Waals surface area contributed by atoms with E-state index in [1.807, 2.05) is 0 Å². The summed E-state index contributed by atoms with van der Waals surface area (Å²) < 4.78 is 13.4. The van der Waals surface area contributed by atoms with E-state index in [-0.39, 0.29) is 16.9 Å². The molecule has 9 heteroatoms. The Morgan fingerprint density at radius 3 is 2.37 bits per heavy atom. The normalized spacial score (nSPS) is 40.3. The van der Waals surface area contributed by atoms with Crippen molar-refractivity contribution < 1.29 is 23.6 Å². The topological polar surface area (TPSA) is 81.9 Å². The predicted molar refractivity (Wildman–Crippen MR) is 158 cm³/mol. The average molecular weight is 563 g/mol. The van der Waals surface area contributed by atoms with Gasteiger partial charge in [-0.25, -0.2) is 0 Å². The van der Waals surface area contributed by atoms with Gasteiger partial charge in [0.25, 0.3) is 0 Å². The van der Waals surface area contributed by atoms with Gasteiger partial charge in [0.05, 0.1) is 6.61 Å². The minimum Gasteiger partial charge on any atom is -0.414 e. The maximum atomic E-state index is 12.6. The number of hydrogen-bond donors (Lipinski definition) is 1. The summed E-state index contributed by atoms with van der Waals surface area (Å²) in [5, 5.41) is 21.2. The molecule has 0 aliphatic heterocycles. The van der Waals surface area contributed by atoms with Crippen molar-refractivity contribution in [2.75, 3.05) is 20.8 Å². The Morgan fingerprint density at radius 2 is 1.76 bits per heavy atom. The molecule has 38 heavy (non-hydrogen) atoms. The first-order valence-electron chi connectivity index (χ1n) is 14.2. The molecular formula is C29H50N2O5Si2. The minimum absolute atomic E-state index is 0.0403. The zero-order valence-corrected chi connectivity index (χ0v) is 27.3. The third-order valence-electron chi connectivity index (χ3n) is 9.66. The van der Waals surface area contributed by atoms with Crippen molar-refractivity contribution in [2.24, 2.45) is 38.9 Å². The molecule has 4 aliphatic rings. The Bertz CT molecular complexity index is 1030. The first-order valence-corrected chi connectivity index (χ1v) is 21.1. The monoisotopic (exact) mass is 562 g/mol. The number of aliphatic hydroxyl groups is 1. The molecule has 214 valence electrons. The van der Waals surface area contributed by atoms with Gasteiger partial charge in [-0.05, 0) is 101 Å². The fourth-order valence-corrected chi connectivity index (χ4v) is 9.83. The Balaban J connectivity index is 1.76. The van der Waals surface area contributed by atoms with E-state index in [1.54, 1.807) is 14.2 Å². The van der Waals surface area contributed by atoms with Crippen molar-refractivity contribution in [3.05, 3.63) is 23.8 Å². The van der Waals surface area contributed by atoms with E-state index in [0.29, 0.717) is 36.5 Å². The van der Waals surface area contributed by atoms with Crippen LogP contribution in [-0.2, 0) is 18.5 Å². The summed E-state index contributed by atoms with van der Waals surface area (Å²) in [6, 6.07) is 0. The largest absolute Gasteiger partial charge is 0.414 e. The molecule has 1 N–H and O–H groups in total. The smallest absolute Gasteiger partial charge is 0.184 e. The molecule has 0 amide bonds. The molecule has 4 aliphatic carbocycles. The molecular weight excluding hydrogens is 513 g/mol. The number of fused-ring (bicyclic) bond motifs is 5. The number of oxime groups is 2. The SMILES string of the molecule is CO/N=C1\C=CC2(C)C(=C1)CCC1C2C(O[Si](C)(C)C)CC2(C)C1CCC2(O)/C(CO[Si](C)(C)C)=N/OC. The summed E-state index contributed by atoms with van der Waals surface area (Å²) in [6.07, 6.45) is 11.3. The van der Waals surface area contributed by atoms with Gasteiger partial charge in [0.15, 0.2) is 16.6 Å². The van der Waals surface area contributed by atoms with Crippen LogP contribution in [0.4, 0.5) is 0 Å². The average Bonchev–Trinajstić information content (AvgIpc) is 3.06. The highest BCUT2D eigenvalue weighted by Crippen LogP contribution is 2.67. The van der Waals surface area contributed by atoms with Crippen LogP contribution in [0.2, 0.25) is 39.3 Å². The van der Waals surface area contributed by atoms with Gasteiger partial charge in [0, 0.05) is 16.9 Å². The molecule has 0 aromatic carbocycles. The lowest BCUT2D eigenvalue weighted by Crippen LogP contribution is -2.63. The third-order valence-corrected chi connectivity index (χ3v) is 11.7. The molecule has 7 atom stereocenters. The zero-order valence-electron chi connectivity index (χ0n) is 25.3. The number of nitrogens with zero attached hydrogens (tertiary/aromatic N) is 2. The lowest BCUT2D eigenvalue weighted by atomic mass is 9.46. The fourth-order valence-electron chi connectivity index (χ4n) is 8.12. The van der Waals surface area contributed by atoms with Crippen molar-refractivity contribution in [2.45, 2.75) is 96.9 Å². The first-order chi connectivity index (χ1) is 17.6. The summed E-state index contributed by atoms with van der Waals surface area (Å²) in [6.45, 7) is 18.3. The Morgan fingerprint density at radius 1 is 1.05 bits per heavy atom. The highest BCUT2D eigenvalue weighted by Gasteiger charge is 2.68. The van der Waals surface area contributed by atoms with Gasteiger partial charge < -0.3 is 23.6 Å². The number of hydrogen-bond acceptors (Lipinski definition) is 7. The summed E-state index contributed by atoms with van der Waals surface area (Å²) in [5.74, 6) is 1.16. The third kappa shape index (κ3) is 5.25. The quantitative estimate of drug-likeness (QED) is 0.218. The molecule has 4 rings (SSSR count). The van der Waals surface area contributed by atoms with Gasteiger partial charge >= 0.3 is 0 Å². The molecule has 0 radical (unpaired) electrons. The molecule has 0 heterocycles. The van der Waals surface area contributed by atoms with Crippen molar-refractivity contribution in [3.8, 4) is 0 Å². The number of allylic oxidation sites excluding steroid dienone is 4. The summed E-state index contributed by atoms with van der Waals surface area (Å²) in [7, 11) is -0.539. The van der Waals surface area contributed by atoms with E-state index in [0.717, 1.165) is 31.4 Å². The highest BCUT2D eigenvalue weighted by atomic mass is 28.4. The van der Waals surface area contributed by atoms with E-state index in [4.69, 9.17) is 18.5 Å². The van der Waals surface area contributed by atoms with Crippen molar-refractivity contribution in [3.63, 3.8) is 0 Å². The number of rotatable bonds is 8. The van der Waals surface area contributed by atoms with E-state index in [1.165, 1.54) is 5.57 Å². The van der Waals surface area contributed by atoms with Gasteiger partial charge in [0.2, 0.25) is 0 Å². The minimum atomic E-state index is -1.89. The summed E-state index contributed by atoms with van der Waals surface area (Å²) in [4.78, 5) is 10.4. The maximum absolute atomic E-state index is 12.6. The van der Waals surface area contributed by atoms with Crippen LogP contribution in [0, 0.1) is 28.6 Å². The van der Waals surface area contributed by atoms with Gasteiger partial charge in [-0.15, -0.1) is 0 Å². The zero-order chi connectivity index (χ0) is 28.1. The second kappa shape index (κ2) is 10.3. The maximum Gasteiger partial charge on any atom is 0.184 e. The lowest BCUT2D eigenvalue weighted by Gasteiger charge is -2.61. The van der Waals surface area contributed by atoms with Gasteiger partial charge in [0.1, 0.15) is 31.2 Å². The van der Waals surface area contributed by atoms with Crippen LogP contribution in [0.5, 0.6) is 0 Å². The van der Waals surface area contributed by atoms with E-state index < -0.39 is 22.2 Å². The fraction of sp³-hybridized carbons (Fsp3) is 0.793. The van der Waals surface area contributed by atoms with Crippen LogP contribution in [0.3, 0.4) is 0 Å². The van der Waals surface area contributed by atoms with Crippen LogP contribution in [-0.4, -0.2) is 65.7 Å². The highest BCUT2D eigenvalue weighted by molar-refractivity contribution is 6.70. The van der Waals surface area contributed by atoms with Crippen LogP contribution >= 0.6 is 0 Å². The van der Waals surface area contributed by atoms with Crippen molar-refractivity contribution >= 4 is 28.1 Å². The van der Waals surface area contributed by atoms with Crippen molar-refractivity contribution in [1.82, 2.24) is 0 Å². The Labute approximate surface area is 232 Å². The van der Waals surface area contributed by atoms with E-state index in [9.17, 15) is 5.11 Å². The molecule has 0 spiro atoms. The summed E-state index contributed by atoms with van der Waals surface area (Å²) >= 11 is 0.